The highest BCUT2D eigenvalue weighted by Crippen LogP contribution is 2.27. The molecule has 1 unspecified atom stereocenters. The van der Waals surface area contributed by atoms with Crippen LogP contribution >= 0.6 is 0 Å². The molecule has 1 saturated heterocycles. The average molecular weight is 276 g/mol. The molecule has 0 amide bonds. The molecule has 0 aromatic carbocycles. The van der Waals surface area contributed by atoms with Gasteiger partial charge in [-0.25, -0.2) is 0 Å². The van der Waals surface area contributed by atoms with Crippen molar-refractivity contribution in [1.82, 2.24) is 20.2 Å². The molecule has 1 aliphatic heterocycles. The van der Waals surface area contributed by atoms with Crippen LogP contribution in [0.2, 0.25) is 0 Å². The van der Waals surface area contributed by atoms with E-state index in [2.05, 4.69) is 27.1 Å². The Balaban J connectivity index is 1.66. The predicted molar refractivity (Wildman–Crippen MR) is 72.2 cm³/mol. The van der Waals surface area contributed by atoms with Gasteiger partial charge in [0.25, 0.3) is 0 Å². The van der Waals surface area contributed by atoms with E-state index >= 15 is 0 Å². The van der Waals surface area contributed by atoms with Gasteiger partial charge in [-0.15, -0.1) is 0 Å². The number of hydrogen-bond acceptors (Lipinski definition) is 6. The lowest BCUT2D eigenvalue weighted by atomic mass is 9.97. The fourth-order valence-corrected chi connectivity index (χ4v) is 2.82. The van der Waals surface area contributed by atoms with Crippen molar-refractivity contribution in [3.63, 3.8) is 0 Å². The van der Waals surface area contributed by atoms with Gasteiger partial charge in [-0.05, 0) is 32.7 Å². The van der Waals surface area contributed by atoms with Crippen molar-refractivity contribution in [2.45, 2.75) is 45.6 Å². The van der Waals surface area contributed by atoms with Gasteiger partial charge in [0, 0.05) is 18.7 Å². The minimum atomic E-state index is 0.342. The first-order chi connectivity index (χ1) is 9.76. The normalized spacial score (nSPS) is 20.4. The van der Waals surface area contributed by atoms with Gasteiger partial charge in [0.2, 0.25) is 5.89 Å². The lowest BCUT2D eigenvalue weighted by molar-refractivity contribution is 0.179. The molecular weight excluding hydrogens is 256 g/mol. The van der Waals surface area contributed by atoms with Gasteiger partial charge >= 0.3 is 0 Å². The van der Waals surface area contributed by atoms with Crippen LogP contribution in [0.25, 0.3) is 0 Å². The van der Waals surface area contributed by atoms with Gasteiger partial charge in [-0.1, -0.05) is 17.2 Å². The topological polar surface area (TPSA) is 68.2 Å². The van der Waals surface area contributed by atoms with Crippen molar-refractivity contribution < 1.29 is 9.05 Å². The van der Waals surface area contributed by atoms with Crippen LogP contribution in [0.15, 0.2) is 15.3 Å². The Hall–Kier alpha value is -1.69. The molecule has 6 nitrogen and oxygen atoms in total. The number of piperidine rings is 1. The molecule has 0 saturated carbocycles. The average Bonchev–Trinajstić information content (AvgIpc) is 3.08. The quantitative estimate of drug-likeness (QED) is 0.853. The summed E-state index contributed by atoms with van der Waals surface area (Å²) in [5.41, 5.74) is 2.25. The van der Waals surface area contributed by atoms with Crippen molar-refractivity contribution in [3.05, 3.63) is 29.2 Å². The third-order valence-corrected chi connectivity index (χ3v) is 3.86. The van der Waals surface area contributed by atoms with Crippen molar-refractivity contribution >= 4 is 0 Å². The number of rotatable bonds is 4. The molecule has 2 aromatic rings. The second-order valence-electron chi connectivity index (χ2n) is 5.39. The highest BCUT2D eigenvalue weighted by Gasteiger charge is 2.26. The van der Waals surface area contributed by atoms with E-state index in [-0.39, 0.29) is 0 Å². The molecule has 0 aliphatic carbocycles. The first-order valence-corrected chi connectivity index (χ1v) is 7.21. The molecule has 0 radical (unpaired) electrons. The summed E-state index contributed by atoms with van der Waals surface area (Å²) in [6.07, 6.45) is 4.94. The smallest absolute Gasteiger partial charge is 0.231 e. The summed E-state index contributed by atoms with van der Waals surface area (Å²) in [7, 11) is 0. The molecular formula is C14H20N4O2. The Morgan fingerprint density at radius 1 is 1.40 bits per heavy atom. The maximum Gasteiger partial charge on any atom is 0.231 e. The molecule has 108 valence electrons. The Bertz CT molecular complexity index is 563. The number of aryl methyl sites for hydroxylation is 2. The fourth-order valence-electron chi connectivity index (χ4n) is 2.82. The summed E-state index contributed by atoms with van der Waals surface area (Å²) in [4.78, 5) is 6.78. The second-order valence-corrected chi connectivity index (χ2v) is 5.39. The summed E-state index contributed by atoms with van der Waals surface area (Å²) >= 11 is 0. The number of nitrogens with zero attached hydrogens (tertiary/aromatic N) is 4. The van der Waals surface area contributed by atoms with Crippen LogP contribution in [0.1, 0.15) is 48.7 Å². The first-order valence-electron chi connectivity index (χ1n) is 7.21. The van der Waals surface area contributed by atoms with Crippen LogP contribution in [0.4, 0.5) is 0 Å². The summed E-state index contributed by atoms with van der Waals surface area (Å²) in [5, 5.41) is 7.93. The van der Waals surface area contributed by atoms with Gasteiger partial charge in [-0.2, -0.15) is 4.98 Å². The Morgan fingerprint density at radius 3 is 3.05 bits per heavy atom. The van der Waals surface area contributed by atoms with Crippen LogP contribution in [0.3, 0.4) is 0 Å². The molecule has 1 aliphatic rings. The predicted octanol–water partition coefficient (Wildman–Crippen LogP) is 2.31. The van der Waals surface area contributed by atoms with Crippen molar-refractivity contribution in [1.29, 1.82) is 0 Å². The van der Waals surface area contributed by atoms with Crippen LogP contribution in [0.5, 0.6) is 0 Å². The highest BCUT2D eigenvalue weighted by atomic mass is 16.5. The van der Waals surface area contributed by atoms with E-state index in [4.69, 9.17) is 9.05 Å². The second kappa shape index (κ2) is 5.75. The monoisotopic (exact) mass is 276 g/mol. The third-order valence-electron chi connectivity index (χ3n) is 3.86. The van der Waals surface area contributed by atoms with E-state index in [1.54, 1.807) is 6.26 Å². The van der Waals surface area contributed by atoms with E-state index in [0.717, 1.165) is 50.5 Å². The van der Waals surface area contributed by atoms with Gasteiger partial charge in [0.05, 0.1) is 11.6 Å². The minimum Gasteiger partial charge on any atom is -0.364 e. The van der Waals surface area contributed by atoms with Crippen LogP contribution in [-0.2, 0) is 13.0 Å². The molecule has 0 N–H and O–H groups in total. The molecule has 1 atom stereocenters. The highest BCUT2D eigenvalue weighted by molar-refractivity contribution is 5.14. The zero-order valence-corrected chi connectivity index (χ0v) is 12.0. The van der Waals surface area contributed by atoms with E-state index in [9.17, 15) is 0 Å². The van der Waals surface area contributed by atoms with Gasteiger partial charge < -0.3 is 9.05 Å². The van der Waals surface area contributed by atoms with Crippen molar-refractivity contribution in [2.75, 3.05) is 13.1 Å². The van der Waals surface area contributed by atoms with Crippen LogP contribution < -0.4 is 0 Å². The zero-order valence-electron chi connectivity index (χ0n) is 12.0. The molecule has 6 heteroatoms. The molecule has 3 rings (SSSR count). The lowest BCUT2D eigenvalue weighted by Crippen LogP contribution is -2.34. The van der Waals surface area contributed by atoms with Gasteiger partial charge in [0.15, 0.2) is 5.82 Å². The molecule has 0 bridgehead atoms. The Labute approximate surface area is 118 Å². The van der Waals surface area contributed by atoms with E-state index < -0.39 is 0 Å². The SMILES string of the molecule is CCc1nocc1CN1CCCC(c2nc(C)no2)C1. The van der Waals surface area contributed by atoms with Crippen molar-refractivity contribution in [2.24, 2.45) is 0 Å². The maximum atomic E-state index is 5.31. The summed E-state index contributed by atoms with van der Waals surface area (Å²) in [5.74, 6) is 1.83. The summed E-state index contributed by atoms with van der Waals surface area (Å²) in [6.45, 7) is 6.89. The van der Waals surface area contributed by atoms with E-state index in [0.29, 0.717) is 11.7 Å². The zero-order chi connectivity index (χ0) is 13.9. The Kier molecular flexibility index (Phi) is 3.82. The van der Waals surface area contributed by atoms with Crippen LogP contribution in [-0.4, -0.2) is 33.3 Å². The van der Waals surface area contributed by atoms with Gasteiger partial charge in [-0.3, -0.25) is 4.90 Å². The molecule has 3 heterocycles. The maximum absolute atomic E-state index is 5.31. The van der Waals surface area contributed by atoms with E-state index in [1.165, 1.54) is 5.56 Å². The molecule has 1 fully saturated rings. The standard InChI is InChI=1S/C14H20N4O2/c1-3-13-12(9-19-17-13)8-18-6-4-5-11(7-18)14-15-10(2)16-20-14/h9,11H,3-8H2,1-2H3. The molecule has 20 heavy (non-hydrogen) atoms. The molecule has 2 aromatic heterocycles. The largest absolute Gasteiger partial charge is 0.364 e. The van der Waals surface area contributed by atoms with Crippen molar-refractivity contribution in [3.8, 4) is 0 Å². The lowest BCUT2D eigenvalue weighted by Gasteiger charge is -2.30. The van der Waals surface area contributed by atoms with Crippen LogP contribution in [0, 0.1) is 6.92 Å². The molecule has 0 spiro atoms. The Morgan fingerprint density at radius 2 is 2.30 bits per heavy atom. The third kappa shape index (κ3) is 2.75. The fraction of sp³-hybridized carbons (Fsp3) is 0.643. The van der Waals surface area contributed by atoms with Gasteiger partial charge in [0.1, 0.15) is 6.26 Å². The number of hydrogen-bond donors (Lipinski definition) is 0. The first kappa shape index (κ1) is 13.3. The number of aromatic nitrogens is 3. The summed E-state index contributed by atoms with van der Waals surface area (Å²) in [6, 6.07) is 0. The summed E-state index contributed by atoms with van der Waals surface area (Å²) < 4.78 is 10.4. The minimum absolute atomic E-state index is 0.342. The van der Waals surface area contributed by atoms with E-state index in [1.807, 2.05) is 6.92 Å². The number of likely N-dealkylation sites (tertiary alicyclic amines) is 1.